The average Bonchev–Trinajstić information content (AvgIpc) is 2.73. The maximum absolute atomic E-state index is 12.8. The SMILES string of the molecule is CC(NCc1cnnn1C)c1ccc(F)cc1. The first-order valence-corrected chi connectivity index (χ1v) is 5.49. The molecule has 2 rings (SSSR count). The van der Waals surface area contributed by atoms with Crippen molar-refractivity contribution in [3.05, 3.63) is 47.5 Å². The van der Waals surface area contributed by atoms with Crippen molar-refractivity contribution in [3.63, 3.8) is 0 Å². The van der Waals surface area contributed by atoms with Crippen molar-refractivity contribution in [3.8, 4) is 0 Å². The lowest BCUT2D eigenvalue weighted by molar-refractivity contribution is 0.544. The van der Waals surface area contributed by atoms with Crippen LogP contribution in [-0.2, 0) is 13.6 Å². The second kappa shape index (κ2) is 5.05. The van der Waals surface area contributed by atoms with E-state index in [1.165, 1.54) is 12.1 Å². The molecule has 5 heteroatoms. The van der Waals surface area contributed by atoms with E-state index < -0.39 is 0 Å². The van der Waals surface area contributed by atoms with E-state index in [2.05, 4.69) is 15.6 Å². The summed E-state index contributed by atoms with van der Waals surface area (Å²) in [6.07, 6.45) is 1.73. The zero-order valence-corrected chi connectivity index (χ0v) is 9.89. The second-order valence-corrected chi connectivity index (χ2v) is 4.00. The van der Waals surface area contributed by atoms with Gasteiger partial charge >= 0.3 is 0 Å². The molecule has 1 atom stereocenters. The van der Waals surface area contributed by atoms with Crippen LogP contribution < -0.4 is 5.32 Å². The maximum atomic E-state index is 12.8. The van der Waals surface area contributed by atoms with Gasteiger partial charge in [0.25, 0.3) is 0 Å². The molecular formula is C12H15FN4. The van der Waals surface area contributed by atoms with E-state index in [4.69, 9.17) is 0 Å². The number of aromatic nitrogens is 3. The van der Waals surface area contributed by atoms with Gasteiger partial charge < -0.3 is 5.32 Å². The largest absolute Gasteiger partial charge is 0.305 e. The van der Waals surface area contributed by atoms with E-state index in [1.807, 2.05) is 14.0 Å². The third-order valence-electron chi connectivity index (χ3n) is 2.77. The number of benzene rings is 1. The molecule has 1 unspecified atom stereocenters. The van der Waals surface area contributed by atoms with E-state index in [0.29, 0.717) is 6.54 Å². The summed E-state index contributed by atoms with van der Waals surface area (Å²) in [6, 6.07) is 6.67. The zero-order chi connectivity index (χ0) is 12.3. The molecule has 0 spiro atoms. The number of rotatable bonds is 4. The van der Waals surface area contributed by atoms with Gasteiger partial charge in [-0.15, -0.1) is 5.10 Å². The van der Waals surface area contributed by atoms with Crippen LogP contribution in [0.3, 0.4) is 0 Å². The smallest absolute Gasteiger partial charge is 0.123 e. The third-order valence-corrected chi connectivity index (χ3v) is 2.77. The average molecular weight is 234 g/mol. The van der Waals surface area contributed by atoms with Crippen LogP contribution in [0.5, 0.6) is 0 Å². The Bertz CT molecular complexity index is 478. The van der Waals surface area contributed by atoms with E-state index in [0.717, 1.165) is 11.3 Å². The molecule has 1 aromatic carbocycles. The summed E-state index contributed by atoms with van der Waals surface area (Å²) in [5, 5.41) is 11.0. The summed E-state index contributed by atoms with van der Waals surface area (Å²) < 4.78 is 14.5. The van der Waals surface area contributed by atoms with Crippen LogP contribution in [0.15, 0.2) is 30.5 Å². The molecule has 0 aliphatic carbocycles. The molecule has 2 aromatic rings. The Morgan fingerprint density at radius 3 is 2.65 bits per heavy atom. The third kappa shape index (κ3) is 2.88. The van der Waals surface area contributed by atoms with Crippen molar-refractivity contribution in [1.29, 1.82) is 0 Å². The van der Waals surface area contributed by atoms with Crippen LogP contribution in [-0.4, -0.2) is 15.0 Å². The standard InChI is InChI=1S/C12H15FN4/c1-9(10-3-5-11(13)6-4-10)14-7-12-8-15-16-17(12)2/h3-6,8-9,14H,7H2,1-2H3. The van der Waals surface area contributed by atoms with Crippen molar-refractivity contribution in [2.45, 2.75) is 19.5 Å². The minimum absolute atomic E-state index is 0.158. The lowest BCUT2D eigenvalue weighted by Gasteiger charge is -2.13. The summed E-state index contributed by atoms with van der Waals surface area (Å²) in [5.74, 6) is -0.211. The van der Waals surface area contributed by atoms with Crippen molar-refractivity contribution in [2.24, 2.45) is 7.05 Å². The highest BCUT2D eigenvalue weighted by Gasteiger charge is 2.06. The maximum Gasteiger partial charge on any atom is 0.123 e. The van der Waals surface area contributed by atoms with Gasteiger partial charge in [-0.3, -0.25) is 4.68 Å². The molecule has 4 nitrogen and oxygen atoms in total. The van der Waals surface area contributed by atoms with E-state index >= 15 is 0 Å². The monoisotopic (exact) mass is 234 g/mol. The molecule has 1 aromatic heterocycles. The van der Waals surface area contributed by atoms with Gasteiger partial charge in [-0.2, -0.15) is 0 Å². The van der Waals surface area contributed by atoms with E-state index in [-0.39, 0.29) is 11.9 Å². The van der Waals surface area contributed by atoms with Gasteiger partial charge in [-0.25, -0.2) is 4.39 Å². The quantitative estimate of drug-likeness (QED) is 0.877. The molecule has 0 fully saturated rings. The lowest BCUT2D eigenvalue weighted by atomic mass is 10.1. The molecule has 0 radical (unpaired) electrons. The molecule has 90 valence electrons. The van der Waals surface area contributed by atoms with Gasteiger partial charge in [0.2, 0.25) is 0 Å². The van der Waals surface area contributed by atoms with Gasteiger partial charge in [-0.05, 0) is 24.6 Å². The molecular weight excluding hydrogens is 219 g/mol. The van der Waals surface area contributed by atoms with Crippen molar-refractivity contribution in [2.75, 3.05) is 0 Å². The predicted molar refractivity (Wildman–Crippen MR) is 62.7 cm³/mol. The molecule has 17 heavy (non-hydrogen) atoms. The normalized spacial score (nSPS) is 12.6. The van der Waals surface area contributed by atoms with Crippen molar-refractivity contribution < 1.29 is 4.39 Å². The molecule has 0 aliphatic heterocycles. The van der Waals surface area contributed by atoms with E-state index in [1.54, 1.807) is 23.0 Å². The molecule has 0 amide bonds. The Morgan fingerprint density at radius 1 is 1.35 bits per heavy atom. The fraction of sp³-hybridized carbons (Fsp3) is 0.333. The highest BCUT2D eigenvalue weighted by molar-refractivity contribution is 5.19. The Labute approximate surface area is 99.5 Å². The first-order chi connectivity index (χ1) is 8.16. The van der Waals surface area contributed by atoms with Gasteiger partial charge in [0.1, 0.15) is 5.82 Å². The minimum atomic E-state index is -0.211. The van der Waals surface area contributed by atoms with Crippen LogP contribution in [0.1, 0.15) is 24.2 Å². The first-order valence-electron chi connectivity index (χ1n) is 5.49. The number of nitrogens with zero attached hydrogens (tertiary/aromatic N) is 3. The summed E-state index contributed by atoms with van der Waals surface area (Å²) >= 11 is 0. The molecule has 0 bridgehead atoms. The fourth-order valence-corrected chi connectivity index (χ4v) is 1.60. The topological polar surface area (TPSA) is 42.7 Å². The molecule has 0 saturated heterocycles. The Kier molecular flexibility index (Phi) is 3.49. The summed E-state index contributed by atoms with van der Waals surface area (Å²) in [4.78, 5) is 0. The molecule has 1 N–H and O–H groups in total. The number of hydrogen-bond donors (Lipinski definition) is 1. The van der Waals surface area contributed by atoms with Crippen LogP contribution in [0.25, 0.3) is 0 Å². The molecule has 0 saturated carbocycles. The number of halogens is 1. The first kappa shape index (κ1) is 11.7. The Hall–Kier alpha value is -1.75. The van der Waals surface area contributed by atoms with Gasteiger partial charge in [0.15, 0.2) is 0 Å². The lowest BCUT2D eigenvalue weighted by Crippen LogP contribution is -2.19. The number of nitrogens with one attached hydrogen (secondary N) is 1. The van der Waals surface area contributed by atoms with Crippen LogP contribution in [0.4, 0.5) is 4.39 Å². The van der Waals surface area contributed by atoms with Crippen LogP contribution in [0, 0.1) is 5.82 Å². The van der Waals surface area contributed by atoms with Crippen molar-refractivity contribution >= 4 is 0 Å². The van der Waals surface area contributed by atoms with Crippen LogP contribution >= 0.6 is 0 Å². The summed E-state index contributed by atoms with van der Waals surface area (Å²) in [6.45, 7) is 2.72. The van der Waals surface area contributed by atoms with Gasteiger partial charge in [0.05, 0.1) is 11.9 Å². The molecule has 0 aliphatic rings. The van der Waals surface area contributed by atoms with Gasteiger partial charge in [-0.1, -0.05) is 17.3 Å². The number of hydrogen-bond acceptors (Lipinski definition) is 3. The Morgan fingerprint density at radius 2 is 2.06 bits per heavy atom. The Balaban J connectivity index is 1.95. The van der Waals surface area contributed by atoms with E-state index in [9.17, 15) is 4.39 Å². The predicted octanol–water partition coefficient (Wildman–Crippen LogP) is 1.80. The second-order valence-electron chi connectivity index (χ2n) is 4.00. The highest BCUT2D eigenvalue weighted by Crippen LogP contribution is 2.13. The van der Waals surface area contributed by atoms with Gasteiger partial charge in [0, 0.05) is 19.6 Å². The molecule has 1 heterocycles. The zero-order valence-electron chi connectivity index (χ0n) is 9.89. The number of aryl methyl sites for hydroxylation is 1. The fourth-order valence-electron chi connectivity index (χ4n) is 1.60. The van der Waals surface area contributed by atoms with Crippen LogP contribution in [0.2, 0.25) is 0 Å². The van der Waals surface area contributed by atoms with Crippen molar-refractivity contribution in [1.82, 2.24) is 20.3 Å². The highest BCUT2D eigenvalue weighted by atomic mass is 19.1. The summed E-state index contributed by atoms with van der Waals surface area (Å²) in [7, 11) is 1.85. The minimum Gasteiger partial charge on any atom is -0.305 e. The summed E-state index contributed by atoms with van der Waals surface area (Å²) in [5.41, 5.74) is 2.07.